The molecule has 0 atom stereocenters. The van der Waals surface area contributed by atoms with E-state index < -0.39 is 0 Å². The molecule has 4 nitrogen and oxygen atoms in total. The molecule has 1 saturated heterocycles. The summed E-state index contributed by atoms with van der Waals surface area (Å²) in [4.78, 5) is 13.2. The number of amides is 1. The van der Waals surface area contributed by atoms with Crippen molar-refractivity contribution in [1.29, 1.82) is 0 Å². The van der Waals surface area contributed by atoms with Gasteiger partial charge in [-0.05, 0) is 24.7 Å². The highest BCUT2D eigenvalue weighted by molar-refractivity contribution is 5.73. The second kappa shape index (κ2) is 7.10. The molecule has 0 aliphatic carbocycles. The van der Waals surface area contributed by atoms with Gasteiger partial charge in [0, 0.05) is 46.3 Å². The van der Waals surface area contributed by atoms with Gasteiger partial charge in [-0.3, -0.25) is 4.79 Å². The smallest absolute Gasteiger partial charge is 0.219 e. The lowest BCUT2D eigenvalue weighted by Gasteiger charge is -2.34. The van der Waals surface area contributed by atoms with E-state index in [1.54, 1.807) is 14.0 Å². The van der Waals surface area contributed by atoms with Gasteiger partial charge < -0.3 is 15.0 Å². The zero-order valence-corrected chi connectivity index (χ0v) is 12.3. The number of rotatable bonds is 6. The van der Waals surface area contributed by atoms with Gasteiger partial charge in [0.15, 0.2) is 0 Å². The Bertz CT molecular complexity index is 259. The van der Waals surface area contributed by atoms with Crippen molar-refractivity contribution in [2.75, 3.05) is 33.4 Å². The average molecular weight is 256 g/mol. The molecule has 1 rings (SSSR count). The van der Waals surface area contributed by atoms with Crippen LogP contribution in [0.1, 0.15) is 40.0 Å². The fraction of sp³-hybridized carbons (Fsp3) is 0.929. The maximum absolute atomic E-state index is 11.2. The van der Waals surface area contributed by atoms with Crippen molar-refractivity contribution in [3.05, 3.63) is 0 Å². The second-order valence-corrected chi connectivity index (χ2v) is 6.07. The van der Waals surface area contributed by atoms with Gasteiger partial charge in [-0.2, -0.15) is 0 Å². The van der Waals surface area contributed by atoms with E-state index in [9.17, 15) is 4.79 Å². The van der Waals surface area contributed by atoms with Crippen LogP contribution < -0.4 is 5.32 Å². The first-order valence-electron chi connectivity index (χ1n) is 6.92. The standard InChI is InChI=1S/C14H28N2O2/c1-12(17)16-8-5-13(6-9-16)15-11-14(2,3)7-10-18-4/h13,15H,5-11H2,1-4H3. The van der Waals surface area contributed by atoms with Crippen molar-refractivity contribution < 1.29 is 9.53 Å². The Morgan fingerprint density at radius 1 is 1.39 bits per heavy atom. The highest BCUT2D eigenvalue weighted by atomic mass is 16.5. The van der Waals surface area contributed by atoms with Gasteiger partial charge in [0.1, 0.15) is 0 Å². The minimum Gasteiger partial charge on any atom is -0.385 e. The number of carbonyl (C=O) groups is 1. The van der Waals surface area contributed by atoms with E-state index in [4.69, 9.17) is 4.74 Å². The molecule has 0 aromatic carbocycles. The van der Waals surface area contributed by atoms with Crippen LogP contribution in [0.15, 0.2) is 0 Å². The fourth-order valence-corrected chi connectivity index (χ4v) is 2.29. The third-order valence-corrected chi connectivity index (χ3v) is 3.79. The first-order valence-corrected chi connectivity index (χ1v) is 6.92. The molecule has 0 unspecified atom stereocenters. The minimum absolute atomic E-state index is 0.203. The summed E-state index contributed by atoms with van der Waals surface area (Å²) in [5.41, 5.74) is 0.272. The van der Waals surface area contributed by atoms with Gasteiger partial charge in [-0.15, -0.1) is 0 Å². The lowest BCUT2D eigenvalue weighted by molar-refractivity contribution is -0.129. The molecule has 0 radical (unpaired) electrons. The van der Waals surface area contributed by atoms with E-state index in [0.717, 1.165) is 45.5 Å². The Balaban J connectivity index is 2.23. The van der Waals surface area contributed by atoms with Crippen LogP contribution in [0.3, 0.4) is 0 Å². The van der Waals surface area contributed by atoms with E-state index in [0.29, 0.717) is 6.04 Å². The van der Waals surface area contributed by atoms with E-state index in [-0.39, 0.29) is 11.3 Å². The molecular weight excluding hydrogens is 228 g/mol. The Hall–Kier alpha value is -0.610. The first-order chi connectivity index (χ1) is 8.44. The number of hydrogen-bond acceptors (Lipinski definition) is 3. The molecule has 1 amide bonds. The predicted molar refractivity (Wildman–Crippen MR) is 73.6 cm³/mol. The molecule has 0 spiro atoms. The number of nitrogens with one attached hydrogen (secondary N) is 1. The quantitative estimate of drug-likeness (QED) is 0.785. The SMILES string of the molecule is COCCC(C)(C)CNC1CCN(C(C)=O)CC1. The molecule has 0 bridgehead atoms. The summed E-state index contributed by atoms with van der Waals surface area (Å²) >= 11 is 0. The summed E-state index contributed by atoms with van der Waals surface area (Å²) < 4.78 is 5.14. The third kappa shape index (κ3) is 5.36. The summed E-state index contributed by atoms with van der Waals surface area (Å²) in [6, 6.07) is 0.558. The highest BCUT2D eigenvalue weighted by Crippen LogP contribution is 2.20. The van der Waals surface area contributed by atoms with Crippen LogP contribution in [0.2, 0.25) is 0 Å². The Kier molecular flexibility index (Phi) is 6.09. The van der Waals surface area contributed by atoms with E-state index in [2.05, 4.69) is 19.2 Å². The zero-order valence-electron chi connectivity index (χ0n) is 12.3. The lowest BCUT2D eigenvalue weighted by atomic mass is 9.89. The summed E-state index contributed by atoms with van der Waals surface area (Å²) in [5.74, 6) is 0.203. The van der Waals surface area contributed by atoms with Crippen molar-refractivity contribution in [3.8, 4) is 0 Å². The first kappa shape index (κ1) is 15.4. The fourth-order valence-electron chi connectivity index (χ4n) is 2.29. The van der Waals surface area contributed by atoms with E-state index >= 15 is 0 Å². The van der Waals surface area contributed by atoms with E-state index in [1.807, 2.05) is 4.90 Å². The van der Waals surface area contributed by atoms with Crippen molar-refractivity contribution in [1.82, 2.24) is 10.2 Å². The lowest BCUT2D eigenvalue weighted by Crippen LogP contribution is -2.46. The topological polar surface area (TPSA) is 41.6 Å². The molecule has 1 N–H and O–H groups in total. The van der Waals surface area contributed by atoms with E-state index in [1.165, 1.54) is 0 Å². The van der Waals surface area contributed by atoms with Crippen LogP contribution in [0.4, 0.5) is 0 Å². The van der Waals surface area contributed by atoms with Gasteiger partial charge >= 0.3 is 0 Å². The van der Waals surface area contributed by atoms with Crippen LogP contribution in [-0.4, -0.2) is 50.2 Å². The summed E-state index contributed by atoms with van der Waals surface area (Å²) in [7, 11) is 1.75. The number of ether oxygens (including phenoxy) is 1. The molecule has 1 heterocycles. The number of likely N-dealkylation sites (tertiary alicyclic amines) is 1. The normalized spacial score (nSPS) is 18.1. The minimum atomic E-state index is 0.203. The van der Waals surface area contributed by atoms with Gasteiger partial charge in [0.2, 0.25) is 5.91 Å². The molecule has 1 aliphatic rings. The summed E-state index contributed by atoms with van der Waals surface area (Å²) in [5, 5.41) is 3.64. The molecule has 4 heteroatoms. The molecule has 18 heavy (non-hydrogen) atoms. The maximum Gasteiger partial charge on any atom is 0.219 e. The van der Waals surface area contributed by atoms with Gasteiger partial charge in [-0.1, -0.05) is 13.8 Å². The van der Waals surface area contributed by atoms with Crippen molar-refractivity contribution in [2.45, 2.75) is 46.1 Å². The monoisotopic (exact) mass is 256 g/mol. The van der Waals surface area contributed by atoms with Crippen molar-refractivity contribution >= 4 is 5.91 Å². The Morgan fingerprint density at radius 3 is 2.50 bits per heavy atom. The molecule has 0 aromatic heterocycles. The Morgan fingerprint density at radius 2 is 2.00 bits per heavy atom. The number of methoxy groups -OCH3 is 1. The number of piperidine rings is 1. The van der Waals surface area contributed by atoms with Crippen LogP contribution in [0.5, 0.6) is 0 Å². The summed E-state index contributed by atoms with van der Waals surface area (Å²) in [6.07, 6.45) is 3.21. The molecule has 0 aromatic rings. The van der Waals surface area contributed by atoms with Crippen LogP contribution in [-0.2, 0) is 9.53 Å². The molecule has 1 fully saturated rings. The van der Waals surface area contributed by atoms with Gasteiger partial charge in [0.05, 0.1) is 0 Å². The second-order valence-electron chi connectivity index (χ2n) is 6.07. The summed E-state index contributed by atoms with van der Waals surface area (Å²) in [6.45, 7) is 9.81. The van der Waals surface area contributed by atoms with Crippen LogP contribution in [0, 0.1) is 5.41 Å². The molecular formula is C14H28N2O2. The highest BCUT2D eigenvalue weighted by Gasteiger charge is 2.23. The van der Waals surface area contributed by atoms with Crippen molar-refractivity contribution in [3.63, 3.8) is 0 Å². The molecule has 1 aliphatic heterocycles. The third-order valence-electron chi connectivity index (χ3n) is 3.79. The number of nitrogens with zero attached hydrogens (tertiary/aromatic N) is 1. The maximum atomic E-state index is 11.2. The zero-order chi connectivity index (χ0) is 13.6. The number of hydrogen-bond donors (Lipinski definition) is 1. The predicted octanol–water partition coefficient (Wildman–Crippen LogP) is 1.65. The van der Waals surface area contributed by atoms with Crippen molar-refractivity contribution in [2.24, 2.45) is 5.41 Å². The van der Waals surface area contributed by atoms with Gasteiger partial charge in [0.25, 0.3) is 0 Å². The van der Waals surface area contributed by atoms with Gasteiger partial charge in [-0.25, -0.2) is 0 Å². The number of carbonyl (C=O) groups excluding carboxylic acids is 1. The average Bonchev–Trinajstić information content (AvgIpc) is 2.35. The largest absolute Gasteiger partial charge is 0.385 e. The Labute approximate surface area is 111 Å². The van der Waals surface area contributed by atoms with Crippen LogP contribution in [0.25, 0.3) is 0 Å². The van der Waals surface area contributed by atoms with Crippen LogP contribution >= 0.6 is 0 Å². The molecule has 106 valence electrons. The molecule has 0 saturated carbocycles.